The predicted molar refractivity (Wildman–Crippen MR) is 66.1 cm³/mol. The van der Waals surface area contributed by atoms with Crippen LogP contribution >= 0.6 is 15.9 Å². The zero-order chi connectivity index (χ0) is 11.3. The molecule has 0 aromatic heterocycles. The van der Waals surface area contributed by atoms with Crippen LogP contribution in [0.15, 0.2) is 22.7 Å². The van der Waals surface area contributed by atoms with Crippen molar-refractivity contribution in [2.45, 2.75) is 6.54 Å². The summed E-state index contributed by atoms with van der Waals surface area (Å²) in [6.45, 7) is 2.60. The molecule has 0 saturated heterocycles. The zero-order valence-corrected chi connectivity index (χ0v) is 10.7. The van der Waals surface area contributed by atoms with Crippen LogP contribution in [0.2, 0.25) is 0 Å². The van der Waals surface area contributed by atoms with Crippen molar-refractivity contribution in [3.63, 3.8) is 0 Å². The summed E-state index contributed by atoms with van der Waals surface area (Å²) >= 11 is 3.29. The van der Waals surface area contributed by atoms with Gasteiger partial charge in [-0.1, -0.05) is 12.1 Å². The Morgan fingerprint density at radius 2 is 2.13 bits per heavy atom. The van der Waals surface area contributed by atoms with Crippen LogP contribution in [0.4, 0.5) is 0 Å². The minimum atomic E-state index is 0.329. The Labute approximate surface area is 99.2 Å². The molecule has 0 radical (unpaired) electrons. The third-order valence-electron chi connectivity index (χ3n) is 2.12. The molecule has 4 heteroatoms. The fourth-order valence-corrected chi connectivity index (χ4v) is 1.64. The Kier molecular flexibility index (Phi) is 5.08. The molecule has 0 unspecified atom stereocenters. The van der Waals surface area contributed by atoms with E-state index in [1.165, 1.54) is 0 Å². The van der Waals surface area contributed by atoms with E-state index >= 15 is 0 Å². The van der Waals surface area contributed by atoms with E-state index in [1.54, 1.807) is 0 Å². The number of nitrogens with zero attached hydrogens (tertiary/aromatic N) is 1. The maximum Gasteiger partial charge on any atom is 0.134 e. The number of phenols is 1. The monoisotopic (exact) mass is 272 g/mol. The average Bonchev–Trinajstić information content (AvgIpc) is 2.18. The highest BCUT2D eigenvalue weighted by Crippen LogP contribution is 2.26. The lowest BCUT2D eigenvalue weighted by molar-refractivity contribution is 0.398. The van der Waals surface area contributed by atoms with Gasteiger partial charge >= 0.3 is 0 Å². The topological polar surface area (TPSA) is 35.5 Å². The summed E-state index contributed by atoms with van der Waals surface area (Å²) in [5.74, 6) is 0.329. The third kappa shape index (κ3) is 4.20. The van der Waals surface area contributed by atoms with Crippen LogP contribution in [0.25, 0.3) is 0 Å². The second-order valence-electron chi connectivity index (χ2n) is 3.73. The molecule has 0 amide bonds. The Hall–Kier alpha value is -0.580. The number of nitrogens with one attached hydrogen (secondary N) is 1. The molecule has 1 aromatic carbocycles. The number of para-hydroxylation sites is 1. The normalized spacial score (nSPS) is 10.9. The molecule has 3 nitrogen and oxygen atoms in total. The van der Waals surface area contributed by atoms with Gasteiger partial charge < -0.3 is 15.3 Å². The number of hydrogen-bond acceptors (Lipinski definition) is 3. The number of hydrogen-bond donors (Lipinski definition) is 2. The van der Waals surface area contributed by atoms with Gasteiger partial charge in [-0.05, 0) is 36.1 Å². The molecule has 0 bridgehead atoms. The van der Waals surface area contributed by atoms with Gasteiger partial charge in [0.25, 0.3) is 0 Å². The van der Waals surface area contributed by atoms with Gasteiger partial charge in [0.05, 0.1) is 4.47 Å². The molecule has 0 heterocycles. The van der Waals surface area contributed by atoms with Crippen molar-refractivity contribution in [2.24, 2.45) is 0 Å². The molecule has 2 N–H and O–H groups in total. The lowest BCUT2D eigenvalue weighted by Gasteiger charge is -2.11. The Morgan fingerprint density at radius 1 is 1.40 bits per heavy atom. The first-order chi connectivity index (χ1) is 7.11. The van der Waals surface area contributed by atoms with Gasteiger partial charge in [-0.3, -0.25) is 0 Å². The summed E-state index contributed by atoms with van der Waals surface area (Å²) in [5, 5.41) is 13.0. The number of phenolic OH excluding ortho intramolecular Hbond substituents is 1. The van der Waals surface area contributed by atoms with Crippen LogP contribution in [0, 0.1) is 0 Å². The largest absolute Gasteiger partial charge is 0.506 e. The van der Waals surface area contributed by atoms with Crippen LogP contribution in [-0.4, -0.2) is 37.2 Å². The predicted octanol–water partition coefficient (Wildman–Crippen LogP) is 1.81. The van der Waals surface area contributed by atoms with Crippen LogP contribution in [-0.2, 0) is 6.54 Å². The molecule has 0 fully saturated rings. The zero-order valence-electron chi connectivity index (χ0n) is 9.13. The molecule has 0 aliphatic heterocycles. The van der Waals surface area contributed by atoms with E-state index in [0.717, 1.165) is 23.1 Å². The van der Waals surface area contributed by atoms with Crippen molar-refractivity contribution in [2.75, 3.05) is 27.2 Å². The summed E-state index contributed by atoms with van der Waals surface area (Å²) < 4.78 is 0.745. The van der Waals surface area contributed by atoms with Gasteiger partial charge in [0, 0.05) is 25.2 Å². The van der Waals surface area contributed by atoms with Crippen LogP contribution in [0.1, 0.15) is 5.56 Å². The van der Waals surface area contributed by atoms with E-state index in [4.69, 9.17) is 0 Å². The minimum absolute atomic E-state index is 0.329. The Bertz CT molecular complexity index is 315. The van der Waals surface area contributed by atoms with E-state index in [1.807, 2.05) is 32.3 Å². The number of benzene rings is 1. The maximum absolute atomic E-state index is 9.71. The van der Waals surface area contributed by atoms with Crippen molar-refractivity contribution < 1.29 is 5.11 Å². The van der Waals surface area contributed by atoms with Crippen LogP contribution in [0.5, 0.6) is 5.75 Å². The standard InChI is InChI=1S/C11H17BrN2O/c1-14(2)7-6-13-8-9-4-3-5-10(12)11(9)15/h3-5,13,15H,6-8H2,1-2H3. The molecule has 0 saturated carbocycles. The molecule has 15 heavy (non-hydrogen) atoms. The van der Waals surface area contributed by atoms with Gasteiger partial charge in [0.15, 0.2) is 0 Å². The summed E-state index contributed by atoms with van der Waals surface area (Å²) in [5.41, 5.74) is 0.920. The minimum Gasteiger partial charge on any atom is -0.506 e. The number of likely N-dealkylation sites (N-methyl/N-ethyl adjacent to an activating group) is 1. The third-order valence-corrected chi connectivity index (χ3v) is 2.76. The van der Waals surface area contributed by atoms with Gasteiger partial charge in [0.1, 0.15) is 5.75 Å². The van der Waals surface area contributed by atoms with Gasteiger partial charge in [-0.15, -0.1) is 0 Å². The van der Waals surface area contributed by atoms with E-state index in [9.17, 15) is 5.11 Å². The number of halogens is 1. The lowest BCUT2D eigenvalue weighted by Crippen LogP contribution is -2.26. The van der Waals surface area contributed by atoms with Crippen molar-refractivity contribution in [1.29, 1.82) is 0 Å². The number of aromatic hydroxyl groups is 1. The first kappa shape index (κ1) is 12.5. The second-order valence-corrected chi connectivity index (χ2v) is 4.58. The van der Waals surface area contributed by atoms with Gasteiger partial charge in [0.2, 0.25) is 0 Å². The van der Waals surface area contributed by atoms with Gasteiger partial charge in [-0.25, -0.2) is 0 Å². The van der Waals surface area contributed by atoms with Crippen molar-refractivity contribution >= 4 is 15.9 Å². The first-order valence-electron chi connectivity index (χ1n) is 4.93. The molecule has 0 aliphatic rings. The first-order valence-corrected chi connectivity index (χ1v) is 5.72. The van der Waals surface area contributed by atoms with E-state index in [-0.39, 0.29) is 0 Å². The second kappa shape index (κ2) is 6.10. The fourth-order valence-electron chi connectivity index (χ4n) is 1.23. The quantitative estimate of drug-likeness (QED) is 0.803. The molecular weight excluding hydrogens is 256 g/mol. The summed E-state index contributed by atoms with van der Waals surface area (Å²) in [6.07, 6.45) is 0. The summed E-state index contributed by atoms with van der Waals surface area (Å²) in [6, 6.07) is 5.67. The molecule has 1 rings (SSSR count). The lowest BCUT2D eigenvalue weighted by atomic mass is 10.2. The Morgan fingerprint density at radius 3 is 2.80 bits per heavy atom. The maximum atomic E-state index is 9.71. The van der Waals surface area contributed by atoms with E-state index < -0.39 is 0 Å². The molecule has 0 aliphatic carbocycles. The average molecular weight is 273 g/mol. The summed E-state index contributed by atoms with van der Waals surface area (Å²) in [7, 11) is 4.08. The molecule has 84 valence electrons. The van der Waals surface area contributed by atoms with Gasteiger partial charge in [-0.2, -0.15) is 0 Å². The summed E-state index contributed by atoms with van der Waals surface area (Å²) in [4.78, 5) is 2.12. The Balaban J connectivity index is 2.41. The van der Waals surface area contributed by atoms with Crippen molar-refractivity contribution in [1.82, 2.24) is 10.2 Å². The highest BCUT2D eigenvalue weighted by molar-refractivity contribution is 9.10. The van der Waals surface area contributed by atoms with Crippen LogP contribution < -0.4 is 5.32 Å². The SMILES string of the molecule is CN(C)CCNCc1cccc(Br)c1O. The highest BCUT2D eigenvalue weighted by atomic mass is 79.9. The molecular formula is C11H17BrN2O. The fraction of sp³-hybridized carbons (Fsp3) is 0.455. The van der Waals surface area contributed by atoms with Crippen molar-refractivity contribution in [3.05, 3.63) is 28.2 Å². The van der Waals surface area contributed by atoms with Crippen LogP contribution in [0.3, 0.4) is 0 Å². The smallest absolute Gasteiger partial charge is 0.134 e. The number of rotatable bonds is 5. The molecule has 0 spiro atoms. The van der Waals surface area contributed by atoms with E-state index in [0.29, 0.717) is 12.3 Å². The van der Waals surface area contributed by atoms with Crippen molar-refractivity contribution in [3.8, 4) is 5.75 Å². The molecule has 0 atom stereocenters. The molecule has 1 aromatic rings. The van der Waals surface area contributed by atoms with E-state index in [2.05, 4.69) is 26.1 Å². The highest BCUT2D eigenvalue weighted by Gasteiger charge is 2.03.